The molecule has 1 saturated carbocycles. The van der Waals surface area contributed by atoms with Crippen LogP contribution in [-0.2, 0) is 16.0 Å². The fourth-order valence-corrected chi connectivity index (χ4v) is 2.54. The molecule has 19 heavy (non-hydrogen) atoms. The molecule has 0 bridgehead atoms. The van der Waals surface area contributed by atoms with E-state index in [1.165, 1.54) is 0 Å². The average Bonchev–Trinajstić information content (AvgIpc) is 2.20. The zero-order valence-corrected chi connectivity index (χ0v) is 12.0. The van der Waals surface area contributed by atoms with Crippen molar-refractivity contribution in [3.8, 4) is 0 Å². The van der Waals surface area contributed by atoms with Crippen LogP contribution in [0.4, 0.5) is 5.69 Å². The predicted molar refractivity (Wildman–Crippen MR) is 76.7 cm³/mol. The predicted octanol–water partition coefficient (Wildman–Crippen LogP) is 3.32. The highest BCUT2D eigenvalue weighted by Gasteiger charge is 2.46. The van der Waals surface area contributed by atoms with Gasteiger partial charge in [0.25, 0.3) is 0 Å². The molecular formula is C16H23NO2. The highest BCUT2D eigenvalue weighted by atomic mass is 16.6. The van der Waals surface area contributed by atoms with Gasteiger partial charge >= 0.3 is 5.97 Å². The Hall–Kier alpha value is -1.51. The third kappa shape index (κ3) is 3.28. The van der Waals surface area contributed by atoms with E-state index in [1.54, 1.807) is 0 Å². The van der Waals surface area contributed by atoms with E-state index in [9.17, 15) is 4.79 Å². The lowest BCUT2D eigenvalue weighted by atomic mass is 9.65. The Kier molecular flexibility index (Phi) is 3.57. The van der Waals surface area contributed by atoms with Gasteiger partial charge in [0.1, 0.15) is 5.60 Å². The Morgan fingerprint density at radius 1 is 1.37 bits per heavy atom. The molecule has 1 aromatic rings. The first-order chi connectivity index (χ1) is 8.81. The summed E-state index contributed by atoms with van der Waals surface area (Å²) in [5.41, 5.74) is 6.91. The summed E-state index contributed by atoms with van der Waals surface area (Å²) in [5, 5.41) is 0. The van der Waals surface area contributed by atoms with E-state index in [2.05, 4.69) is 0 Å². The molecule has 2 rings (SSSR count). The number of nitrogens with two attached hydrogens (primary N) is 1. The first kappa shape index (κ1) is 13.9. The van der Waals surface area contributed by atoms with E-state index in [0.717, 1.165) is 36.9 Å². The summed E-state index contributed by atoms with van der Waals surface area (Å²) in [6.45, 7) is 5.74. The van der Waals surface area contributed by atoms with Crippen LogP contribution in [0.3, 0.4) is 0 Å². The number of ether oxygens (including phenoxy) is 1. The molecule has 0 radical (unpaired) electrons. The molecule has 1 aromatic carbocycles. The normalized spacial score (nSPS) is 17.6. The lowest BCUT2D eigenvalue weighted by Crippen LogP contribution is -2.44. The minimum atomic E-state index is -0.421. The van der Waals surface area contributed by atoms with Gasteiger partial charge in [0, 0.05) is 5.69 Å². The Morgan fingerprint density at radius 2 is 2.05 bits per heavy atom. The molecule has 3 nitrogen and oxygen atoms in total. The van der Waals surface area contributed by atoms with Crippen LogP contribution in [0.2, 0.25) is 0 Å². The van der Waals surface area contributed by atoms with Crippen molar-refractivity contribution in [1.29, 1.82) is 0 Å². The zero-order chi connectivity index (χ0) is 14.1. The first-order valence-electron chi connectivity index (χ1n) is 6.89. The molecule has 0 heterocycles. The van der Waals surface area contributed by atoms with Gasteiger partial charge in [0.2, 0.25) is 0 Å². The number of carbonyl (C=O) groups excluding carboxylic acids is 1. The quantitative estimate of drug-likeness (QED) is 0.670. The van der Waals surface area contributed by atoms with Crippen molar-refractivity contribution >= 4 is 11.7 Å². The molecule has 1 aliphatic rings. The number of anilines is 1. The monoisotopic (exact) mass is 261 g/mol. The molecule has 0 spiro atoms. The van der Waals surface area contributed by atoms with Gasteiger partial charge in [-0.1, -0.05) is 18.6 Å². The third-order valence-electron chi connectivity index (χ3n) is 3.64. The minimum absolute atomic E-state index is 0.0614. The number of rotatable bonds is 3. The third-order valence-corrected chi connectivity index (χ3v) is 3.64. The summed E-state index contributed by atoms with van der Waals surface area (Å²) >= 11 is 0. The van der Waals surface area contributed by atoms with Gasteiger partial charge in [-0.3, -0.25) is 4.79 Å². The summed E-state index contributed by atoms with van der Waals surface area (Å²) in [7, 11) is 0. The Morgan fingerprint density at radius 3 is 2.53 bits per heavy atom. The number of carbonyl (C=O) groups is 1. The SMILES string of the molecule is CC(C)(C)OC(=O)C1(Cc2cccc(N)c2)CCC1. The standard InChI is InChI=1S/C16H23NO2/c1-15(2,3)19-14(18)16(8-5-9-16)11-12-6-4-7-13(17)10-12/h4,6-7,10H,5,8-9,11,17H2,1-3H3. The van der Waals surface area contributed by atoms with E-state index < -0.39 is 5.60 Å². The van der Waals surface area contributed by atoms with E-state index in [0.29, 0.717) is 0 Å². The first-order valence-corrected chi connectivity index (χ1v) is 6.89. The number of benzene rings is 1. The molecule has 0 amide bonds. The maximum absolute atomic E-state index is 12.4. The lowest BCUT2D eigenvalue weighted by Gasteiger charge is -2.41. The second-order valence-corrected chi connectivity index (χ2v) is 6.56. The summed E-state index contributed by atoms with van der Waals surface area (Å²) in [5.74, 6) is -0.0614. The van der Waals surface area contributed by atoms with Crippen molar-refractivity contribution < 1.29 is 9.53 Å². The van der Waals surface area contributed by atoms with Crippen LogP contribution in [0.25, 0.3) is 0 Å². The van der Waals surface area contributed by atoms with Crippen LogP contribution >= 0.6 is 0 Å². The molecule has 1 fully saturated rings. The van der Waals surface area contributed by atoms with Crippen LogP contribution in [0.1, 0.15) is 45.6 Å². The molecule has 0 atom stereocenters. The number of nitrogen functional groups attached to an aromatic ring is 1. The summed E-state index contributed by atoms with van der Waals surface area (Å²) in [6.07, 6.45) is 3.65. The largest absolute Gasteiger partial charge is 0.460 e. The van der Waals surface area contributed by atoms with Gasteiger partial charge in [-0.25, -0.2) is 0 Å². The van der Waals surface area contributed by atoms with Gasteiger partial charge in [-0.15, -0.1) is 0 Å². The van der Waals surface area contributed by atoms with Crippen molar-refractivity contribution in [3.05, 3.63) is 29.8 Å². The van der Waals surface area contributed by atoms with Crippen molar-refractivity contribution in [2.45, 2.75) is 52.1 Å². The minimum Gasteiger partial charge on any atom is -0.460 e. The molecule has 0 saturated heterocycles. The van der Waals surface area contributed by atoms with Crippen LogP contribution in [0.15, 0.2) is 24.3 Å². The van der Waals surface area contributed by atoms with E-state index in [-0.39, 0.29) is 11.4 Å². The van der Waals surface area contributed by atoms with E-state index >= 15 is 0 Å². The molecule has 0 aliphatic heterocycles. The zero-order valence-electron chi connectivity index (χ0n) is 12.0. The smallest absolute Gasteiger partial charge is 0.312 e. The Bertz CT molecular complexity index is 470. The van der Waals surface area contributed by atoms with E-state index in [1.807, 2.05) is 45.0 Å². The maximum atomic E-state index is 12.4. The van der Waals surface area contributed by atoms with Crippen LogP contribution in [0, 0.1) is 5.41 Å². The molecule has 3 heteroatoms. The Labute approximate surface area is 115 Å². The lowest BCUT2D eigenvalue weighted by molar-refractivity contribution is -0.173. The maximum Gasteiger partial charge on any atom is 0.312 e. The molecule has 2 N–H and O–H groups in total. The molecule has 1 aliphatic carbocycles. The topological polar surface area (TPSA) is 52.3 Å². The van der Waals surface area contributed by atoms with Gasteiger partial charge in [-0.05, 0) is 57.7 Å². The molecule has 0 unspecified atom stereocenters. The Balaban J connectivity index is 2.13. The average molecular weight is 261 g/mol. The van der Waals surface area contributed by atoms with Crippen molar-refractivity contribution in [2.24, 2.45) is 5.41 Å². The molecule has 0 aromatic heterocycles. The van der Waals surface area contributed by atoms with Crippen molar-refractivity contribution in [2.75, 3.05) is 5.73 Å². The number of hydrogen-bond donors (Lipinski definition) is 1. The van der Waals surface area contributed by atoms with Gasteiger partial charge in [0.05, 0.1) is 5.41 Å². The highest BCUT2D eigenvalue weighted by molar-refractivity contribution is 5.78. The highest BCUT2D eigenvalue weighted by Crippen LogP contribution is 2.45. The molecule has 104 valence electrons. The van der Waals surface area contributed by atoms with Crippen LogP contribution in [0.5, 0.6) is 0 Å². The summed E-state index contributed by atoms with van der Waals surface area (Å²) in [6, 6.07) is 7.78. The van der Waals surface area contributed by atoms with Crippen LogP contribution in [-0.4, -0.2) is 11.6 Å². The van der Waals surface area contributed by atoms with Gasteiger partial charge < -0.3 is 10.5 Å². The second kappa shape index (κ2) is 4.87. The fraction of sp³-hybridized carbons (Fsp3) is 0.562. The van der Waals surface area contributed by atoms with E-state index in [4.69, 9.17) is 10.5 Å². The fourth-order valence-electron chi connectivity index (χ4n) is 2.54. The van der Waals surface area contributed by atoms with Crippen LogP contribution < -0.4 is 5.73 Å². The summed E-state index contributed by atoms with van der Waals surface area (Å²) < 4.78 is 5.58. The number of esters is 1. The second-order valence-electron chi connectivity index (χ2n) is 6.56. The van der Waals surface area contributed by atoms with Crippen molar-refractivity contribution in [3.63, 3.8) is 0 Å². The van der Waals surface area contributed by atoms with Crippen molar-refractivity contribution in [1.82, 2.24) is 0 Å². The van der Waals surface area contributed by atoms with Gasteiger partial charge in [-0.2, -0.15) is 0 Å². The van der Waals surface area contributed by atoms with Gasteiger partial charge in [0.15, 0.2) is 0 Å². The number of hydrogen-bond acceptors (Lipinski definition) is 3. The molecular weight excluding hydrogens is 238 g/mol. The summed E-state index contributed by atoms with van der Waals surface area (Å²) in [4.78, 5) is 12.4.